The number of carbonyl (C=O) groups excluding carboxylic acids is 1. The Bertz CT molecular complexity index is 1720. The summed E-state index contributed by atoms with van der Waals surface area (Å²) in [6.45, 7) is 0.377. The van der Waals surface area contributed by atoms with E-state index in [-0.39, 0.29) is 29.7 Å². The summed E-state index contributed by atoms with van der Waals surface area (Å²) in [6.07, 6.45) is 2.91. The van der Waals surface area contributed by atoms with Gasteiger partial charge >= 0.3 is 5.63 Å². The molecule has 5 aromatic rings. The molecule has 184 valence electrons. The maximum atomic E-state index is 13.9. The SMILES string of the molecule is Cn1c2c(c3ccccc31)C[C@H]1C[C@@H]2[C@@H](Oc2ccccn2)CN1C(=O)c1cc2ccccc2c(=O)o1. The molecule has 2 aromatic carbocycles. The van der Waals surface area contributed by atoms with Crippen molar-refractivity contribution < 1.29 is 13.9 Å². The van der Waals surface area contributed by atoms with Crippen molar-refractivity contribution in [2.45, 2.75) is 30.9 Å². The van der Waals surface area contributed by atoms with Crippen LogP contribution >= 0.6 is 0 Å². The summed E-state index contributed by atoms with van der Waals surface area (Å²) in [4.78, 5) is 32.8. The zero-order valence-corrected chi connectivity index (χ0v) is 20.3. The Kier molecular flexibility index (Phi) is 4.92. The van der Waals surface area contributed by atoms with Gasteiger partial charge in [0.15, 0.2) is 5.76 Å². The number of para-hydroxylation sites is 1. The molecule has 0 radical (unpaired) electrons. The number of piperidine rings is 1. The fourth-order valence-electron chi connectivity index (χ4n) is 6.26. The number of benzene rings is 2. The number of carbonyl (C=O) groups is 1. The van der Waals surface area contributed by atoms with Crippen LogP contribution in [0.25, 0.3) is 21.7 Å². The topological polar surface area (TPSA) is 77.6 Å². The second kappa shape index (κ2) is 8.34. The van der Waals surface area contributed by atoms with Gasteiger partial charge < -0.3 is 18.6 Å². The van der Waals surface area contributed by atoms with E-state index in [1.807, 2.05) is 35.2 Å². The van der Waals surface area contributed by atoms with Crippen LogP contribution in [0.15, 0.2) is 88.2 Å². The minimum atomic E-state index is -0.502. The number of aromatic nitrogens is 2. The van der Waals surface area contributed by atoms with Crippen LogP contribution in [-0.2, 0) is 13.5 Å². The molecule has 3 atom stereocenters. The number of pyridine rings is 1. The Hall–Kier alpha value is -4.39. The van der Waals surface area contributed by atoms with Crippen LogP contribution in [0.2, 0.25) is 0 Å². The normalized spacial score (nSPS) is 20.7. The van der Waals surface area contributed by atoms with Crippen molar-refractivity contribution in [2.75, 3.05) is 6.54 Å². The van der Waals surface area contributed by atoms with E-state index in [1.54, 1.807) is 24.4 Å². The molecule has 3 aromatic heterocycles. The maximum absolute atomic E-state index is 13.9. The van der Waals surface area contributed by atoms with Crippen molar-refractivity contribution in [3.05, 3.63) is 106 Å². The van der Waals surface area contributed by atoms with E-state index >= 15 is 0 Å². The molecule has 7 rings (SSSR count). The Morgan fingerprint density at radius 2 is 1.81 bits per heavy atom. The first-order chi connectivity index (χ1) is 18.1. The summed E-state index contributed by atoms with van der Waals surface area (Å²) >= 11 is 0. The summed E-state index contributed by atoms with van der Waals surface area (Å²) in [6, 6.07) is 22.8. The second-order valence-electron chi connectivity index (χ2n) is 9.91. The lowest BCUT2D eigenvalue weighted by molar-refractivity contribution is 0.0163. The molecule has 2 bridgehead atoms. The molecule has 1 fully saturated rings. The first kappa shape index (κ1) is 21.9. The molecule has 1 amide bonds. The minimum Gasteiger partial charge on any atom is -0.472 e. The van der Waals surface area contributed by atoms with Gasteiger partial charge in [-0.25, -0.2) is 9.78 Å². The van der Waals surface area contributed by atoms with Gasteiger partial charge in [0.1, 0.15) is 6.10 Å². The van der Waals surface area contributed by atoms with Crippen molar-refractivity contribution in [2.24, 2.45) is 7.05 Å². The van der Waals surface area contributed by atoms with E-state index in [1.165, 1.54) is 22.2 Å². The van der Waals surface area contributed by atoms with E-state index in [9.17, 15) is 9.59 Å². The molecular weight excluding hydrogens is 466 g/mol. The zero-order valence-electron chi connectivity index (χ0n) is 20.3. The molecule has 0 spiro atoms. The molecule has 2 aliphatic rings. The molecule has 1 aliphatic carbocycles. The average Bonchev–Trinajstić information content (AvgIpc) is 3.22. The molecular formula is C30H25N3O4. The molecule has 7 heteroatoms. The first-order valence-corrected chi connectivity index (χ1v) is 12.6. The Labute approximate surface area is 212 Å². The lowest BCUT2D eigenvalue weighted by atomic mass is 9.76. The summed E-state index contributed by atoms with van der Waals surface area (Å²) in [5.41, 5.74) is 3.20. The van der Waals surface area contributed by atoms with Gasteiger partial charge in [-0.2, -0.15) is 0 Å². The van der Waals surface area contributed by atoms with Crippen LogP contribution in [0.3, 0.4) is 0 Å². The van der Waals surface area contributed by atoms with Crippen molar-refractivity contribution in [3.63, 3.8) is 0 Å². The fourth-order valence-corrected chi connectivity index (χ4v) is 6.26. The van der Waals surface area contributed by atoms with Crippen molar-refractivity contribution in [1.29, 1.82) is 0 Å². The predicted octanol–water partition coefficient (Wildman–Crippen LogP) is 4.68. The molecule has 37 heavy (non-hydrogen) atoms. The minimum absolute atomic E-state index is 0.0313. The molecule has 0 saturated carbocycles. The van der Waals surface area contributed by atoms with E-state index in [4.69, 9.17) is 9.15 Å². The molecule has 4 heterocycles. The van der Waals surface area contributed by atoms with Crippen molar-refractivity contribution >= 4 is 27.6 Å². The Balaban J connectivity index is 1.33. The van der Waals surface area contributed by atoms with Crippen LogP contribution in [0.1, 0.15) is 34.2 Å². The highest BCUT2D eigenvalue weighted by Crippen LogP contribution is 2.45. The molecule has 0 N–H and O–H groups in total. The number of rotatable bonds is 3. The highest BCUT2D eigenvalue weighted by molar-refractivity contribution is 5.96. The largest absolute Gasteiger partial charge is 0.472 e. The third-order valence-electron chi connectivity index (χ3n) is 7.90. The molecule has 0 unspecified atom stereocenters. The van der Waals surface area contributed by atoms with Gasteiger partial charge in [-0.3, -0.25) is 4.79 Å². The summed E-state index contributed by atoms with van der Waals surface area (Å²) in [5, 5.41) is 2.36. The smallest absolute Gasteiger partial charge is 0.344 e. The molecule has 1 saturated heterocycles. The van der Waals surface area contributed by atoms with Gasteiger partial charge in [-0.15, -0.1) is 0 Å². The molecule has 1 aliphatic heterocycles. The number of ether oxygens (including phenoxy) is 1. The number of nitrogens with zero attached hydrogens (tertiary/aromatic N) is 3. The van der Waals surface area contributed by atoms with Crippen LogP contribution in [-0.4, -0.2) is 39.0 Å². The number of hydrogen-bond donors (Lipinski definition) is 0. The van der Waals surface area contributed by atoms with Crippen LogP contribution in [0.5, 0.6) is 5.88 Å². The maximum Gasteiger partial charge on any atom is 0.344 e. The summed E-state index contributed by atoms with van der Waals surface area (Å²) < 4.78 is 14.3. The first-order valence-electron chi connectivity index (χ1n) is 12.6. The standard InChI is InChI=1S/C30H25N3O4/c1-32-24-11-5-4-10-21(24)22-15-19-16-23(28(22)32)26(36-27-12-6-7-13-31-27)17-33(19)29(34)25-14-18-8-2-3-9-20(18)30(35)37-25/h2-14,19,23,26H,15-17H2,1H3/t19-,23+,26-/m0/s1. The van der Waals surface area contributed by atoms with Crippen LogP contribution in [0.4, 0.5) is 0 Å². The van der Waals surface area contributed by atoms with Gasteiger partial charge in [-0.1, -0.05) is 42.5 Å². The fraction of sp³-hybridized carbons (Fsp3) is 0.233. The monoisotopic (exact) mass is 491 g/mol. The average molecular weight is 492 g/mol. The highest BCUT2D eigenvalue weighted by atomic mass is 16.5. The van der Waals surface area contributed by atoms with Gasteiger partial charge in [-0.05, 0) is 48.1 Å². The van der Waals surface area contributed by atoms with Gasteiger partial charge in [0.2, 0.25) is 5.88 Å². The number of hydrogen-bond acceptors (Lipinski definition) is 5. The van der Waals surface area contributed by atoms with Gasteiger partial charge in [0.25, 0.3) is 5.91 Å². The second-order valence-corrected chi connectivity index (χ2v) is 9.91. The van der Waals surface area contributed by atoms with Gasteiger partial charge in [0.05, 0.1) is 11.9 Å². The van der Waals surface area contributed by atoms with E-state index in [0.717, 1.165) is 12.8 Å². The molecule has 7 nitrogen and oxygen atoms in total. The highest BCUT2D eigenvalue weighted by Gasteiger charge is 2.46. The zero-order chi connectivity index (χ0) is 25.1. The lowest BCUT2D eigenvalue weighted by Crippen LogP contribution is -2.56. The third-order valence-corrected chi connectivity index (χ3v) is 7.90. The van der Waals surface area contributed by atoms with Crippen LogP contribution in [0, 0.1) is 0 Å². The number of aryl methyl sites for hydroxylation is 1. The number of likely N-dealkylation sites (tertiary alicyclic amines) is 1. The van der Waals surface area contributed by atoms with Gasteiger partial charge in [0, 0.05) is 47.9 Å². The Morgan fingerprint density at radius 3 is 2.65 bits per heavy atom. The summed E-state index contributed by atoms with van der Waals surface area (Å²) in [7, 11) is 2.11. The number of amides is 1. The predicted molar refractivity (Wildman–Crippen MR) is 140 cm³/mol. The summed E-state index contributed by atoms with van der Waals surface area (Å²) in [5.74, 6) is 0.398. The number of fused-ring (bicyclic) bond motifs is 7. The van der Waals surface area contributed by atoms with Crippen LogP contribution < -0.4 is 10.4 Å². The van der Waals surface area contributed by atoms with Crippen molar-refractivity contribution in [1.82, 2.24) is 14.5 Å². The van der Waals surface area contributed by atoms with E-state index in [0.29, 0.717) is 23.2 Å². The van der Waals surface area contributed by atoms with E-state index < -0.39 is 5.63 Å². The lowest BCUT2D eigenvalue weighted by Gasteiger charge is -2.47. The quantitative estimate of drug-likeness (QED) is 0.366. The van der Waals surface area contributed by atoms with Crippen molar-refractivity contribution in [3.8, 4) is 5.88 Å². The third kappa shape index (κ3) is 3.45. The Morgan fingerprint density at radius 1 is 1.03 bits per heavy atom. The van der Waals surface area contributed by atoms with E-state index in [2.05, 4.69) is 40.9 Å².